The van der Waals surface area contributed by atoms with Gasteiger partial charge in [0.2, 0.25) is 17.8 Å². The van der Waals surface area contributed by atoms with Gasteiger partial charge in [0.1, 0.15) is 0 Å². The number of hydrogen-bond donors (Lipinski definition) is 0. The van der Waals surface area contributed by atoms with Gasteiger partial charge < -0.3 is 0 Å². The Bertz CT molecular complexity index is 458. The molecule has 1 rings (SSSR count). The second-order valence-electron chi connectivity index (χ2n) is 4.69. The third-order valence-corrected chi connectivity index (χ3v) is 2.64. The number of carbonyl (C=O) groups excluding carboxylic acids is 2. The first-order valence-electron chi connectivity index (χ1n) is 5.21. The molecular formula is C13H14N2O2. The molecule has 0 N–H and O–H groups in total. The van der Waals surface area contributed by atoms with E-state index in [0.717, 1.165) is 0 Å². The summed E-state index contributed by atoms with van der Waals surface area (Å²) in [6, 6.07) is 8.99. The summed E-state index contributed by atoms with van der Waals surface area (Å²) < 4.78 is 0. The summed E-state index contributed by atoms with van der Waals surface area (Å²) in [6.45, 7) is 5.55. The van der Waals surface area contributed by atoms with Crippen molar-refractivity contribution in [3.8, 4) is 0 Å². The van der Waals surface area contributed by atoms with Crippen molar-refractivity contribution in [2.75, 3.05) is 0 Å². The zero-order valence-electron chi connectivity index (χ0n) is 10.1. The zero-order chi connectivity index (χ0) is 12.9. The molecule has 0 saturated heterocycles. The Labute approximate surface area is 100 Å². The minimum Gasteiger partial charge on any atom is -0.211 e. The topological polar surface area (TPSA) is 58.9 Å². The van der Waals surface area contributed by atoms with Crippen LogP contribution in [0.1, 0.15) is 26.3 Å². The summed E-state index contributed by atoms with van der Waals surface area (Å²) in [7, 11) is 0. The molecule has 0 spiro atoms. The highest BCUT2D eigenvalue weighted by molar-refractivity contribution is 5.43. The first-order chi connectivity index (χ1) is 7.98. The van der Waals surface area contributed by atoms with Crippen LogP contribution >= 0.6 is 0 Å². The molecule has 88 valence electrons. The van der Waals surface area contributed by atoms with Gasteiger partial charge in [-0.05, 0) is 0 Å². The lowest BCUT2D eigenvalue weighted by Crippen LogP contribution is -2.36. The van der Waals surface area contributed by atoms with Crippen molar-refractivity contribution in [2.24, 2.45) is 15.4 Å². The molecule has 4 nitrogen and oxygen atoms in total. The standard InChI is InChI=1S/C13H14N2O2/c1-12(2,3)13(14-9-16,15-10-17)11-7-5-4-6-8-11/h4-8H,1-3H3. The lowest BCUT2D eigenvalue weighted by atomic mass is 9.76. The second-order valence-corrected chi connectivity index (χ2v) is 4.69. The fraction of sp³-hybridized carbons (Fsp3) is 0.385. The minimum absolute atomic E-state index is 0.539. The smallest absolute Gasteiger partial charge is 0.211 e. The van der Waals surface area contributed by atoms with Gasteiger partial charge >= 0.3 is 0 Å². The summed E-state index contributed by atoms with van der Waals surface area (Å²) in [5.41, 5.74) is -1.14. The van der Waals surface area contributed by atoms with Crippen molar-refractivity contribution in [3.05, 3.63) is 35.9 Å². The Kier molecular flexibility index (Phi) is 3.74. The number of nitrogens with zero attached hydrogens (tertiary/aromatic N) is 2. The predicted molar refractivity (Wildman–Crippen MR) is 63.8 cm³/mol. The van der Waals surface area contributed by atoms with Crippen LogP contribution in [0.3, 0.4) is 0 Å². The summed E-state index contributed by atoms with van der Waals surface area (Å²) in [5, 5.41) is 0. The maximum Gasteiger partial charge on any atom is 0.237 e. The maximum absolute atomic E-state index is 10.6. The van der Waals surface area contributed by atoms with Gasteiger partial charge in [-0.2, -0.15) is 9.98 Å². The fourth-order valence-corrected chi connectivity index (χ4v) is 1.73. The molecule has 1 aromatic carbocycles. The zero-order valence-corrected chi connectivity index (χ0v) is 10.1. The van der Waals surface area contributed by atoms with E-state index in [1.807, 2.05) is 26.8 Å². The summed E-state index contributed by atoms with van der Waals surface area (Å²) >= 11 is 0. The third kappa shape index (κ3) is 2.39. The maximum atomic E-state index is 10.6. The highest BCUT2D eigenvalue weighted by atomic mass is 16.1. The van der Waals surface area contributed by atoms with Gasteiger partial charge in [0, 0.05) is 11.0 Å². The van der Waals surface area contributed by atoms with Crippen LogP contribution in [0.2, 0.25) is 0 Å². The van der Waals surface area contributed by atoms with E-state index < -0.39 is 11.1 Å². The monoisotopic (exact) mass is 230 g/mol. The van der Waals surface area contributed by atoms with Crippen LogP contribution in [0.15, 0.2) is 40.3 Å². The quantitative estimate of drug-likeness (QED) is 0.591. The molecule has 0 heterocycles. The van der Waals surface area contributed by atoms with Crippen LogP contribution in [0.25, 0.3) is 0 Å². The lowest BCUT2D eigenvalue weighted by Gasteiger charge is -2.35. The Morgan fingerprint density at radius 1 is 0.941 bits per heavy atom. The molecule has 0 unspecified atom stereocenters. The lowest BCUT2D eigenvalue weighted by molar-refractivity contribution is 0.200. The SMILES string of the molecule is CC(C)(C)C(N=C=O)(N=C=O)c1ccccc1. The number of benzene rings is 1. The largest absolute Gasteiger partial charge is 0.237 e. The van der Waals surface area contributed by atoms with Crippen LogP contribution in [0.4, 0.5) is 0 Å². The fourth-order valence-electron chi connectivity index (χ4n) is 1.73. The van der Waals surface area contributed by atoms with Gasteiger partial charge in [0.05, 0.1) is 0 Å². The summed E-state index contributed by atoms with van der Waals surface area (Å²) in [4.78, 5) is 28.8. The van der Waals surface area contributed by atoms with Gasteiger partial charge in [-0.15, -0.1) is 0 Å². The molecule has 0 amide bonds. The van der Waals surface area contributed by atoms with Gasteiger partial charge in [-0.1, -0.05) is 51.1 Å². The number of rotatable bonds is 3. The van der Waals surface area contributed by atoms with Gasteiger partial charge in [0.15, 0.2) is 0 Å². The first kappa shape index (κ1) is 13.0. The van der Waals surface area contributed by atoms with Crippen LogP contribution in [0, 0.1) is 5.41 Å². The van der Waals surface area contributed by atoms with Crippen molar-refractivity contribution in [1.29, 1.82) is 0 Å². The van der Waals surface area contributed by atoms with Gasteiger partial charge in [-0.3, -0.25) is 0 Å². The molecule has 0 saturated carbocycles. The number of hydrogen-bond acceptors (Lipinski definition) is 4. The normalized spacial score (nSPS) is 14.1. The highest BCUT2D eigenvalue weighted by Gasteiger charge is 2.44. The molecule has 17 heavy (non-hydrogen) atoms. The van der Waals surface area contributed by atoms with Crippen molar-refractivity contribution in [3.63, 3.8) is 0 Å². The highest BCUT2D eigenvalue weighted by Crippen LogP contribution is 2.43. The summed E-state index contributed by atoms with van der Waals surface area (Å²) in [5.74, 6) is 0. The molecule has 0 aliphatic carbocycles. The van der Waals surface area contributed by atoms with Crippen molar-refractivity contribution in [1.82, 2.24) is 0 Å². The Morgan fingerprint density at radius 2 is 1.41 bits per heavy atom. The van der Waals surface area contributed by atoms with Crippen molar-refractivity contribution < 1.29 is 9.59 Å². The molecule has 0 radical (unpaired) electrons. The Morgan fingerprint density at radius 3 is 1.76 bits per heavy atom. The number of aliphatic imine (C=N–C) groups is 2. The Balaban J connectivity index is 3.57. The van der Waals surface area contributed by atoms with E-state index >= 15 is 0 Å². The van der Waals surface area contributed by atoms with Crippen molar-refractivity contribution in [2.45, 2.75) is 26.4 Å². The van der Waals surface area contributed by atoms with E-state index in [9.17, 15) is 9.59 Å². The van der Waals surface area contributed by atoms with Crippen LogP contribution < -0.4 is 0 Å². The number of isocyanates is 2. The van der Waals surface area contributed by atoms with Crippen LogP contribution in [0.5, 0.6) is 0 Å². The predicted octanol–water partition coefficient (Wildman–Crippen LogP) is 2.56. The molecule has 0 atom stereocenters. The van der Waals surface area contributed by atoms with Crippen LogP contribution in [-0.2, 0) is 15.3 Å². The molecule has 4 heteroatoms. The average Bonchev–Trinajstić information content (AvgIpc) is 2.28. The second kappa shape index (κ2) is 4.88. The third-order valence-electron chi connectivity index (χ3n) is 2.64. The van der Waals surface area contributed by atoms with E-state index in [2.05, 4.69) is 9.98 Å². The molecule has 0 aliphatic heterocycles. The molecule has 0 aromatic heterocycles. The molecule has 0 bridgehead atoms. The average molecular weight is 230 g/mol. The van der Waals surface area contributed by atoms with Crippen molar-refractivity contribution >= 4 is 12.2 Å². The Hall–Kier alpha value is -2.02. The molecule has 0 fully saturated rings. The molecular weight excluding hydrogens is 216 g/mol. The molecule has 1 aromatic rings. The molecule has 0 aliphatic rings. The summed E-state index contributed by atoms with van der Waals surface area (Å²) in [6.07, 6.45) is 3.00. The van der Waals surface area contributed by atoms with E-state index in [0.29, 0.717) is 5.56 Å². The van der Waals surface area contributed by atoms with E-state index in [-0.39, 0.29) is 0 Å². The van der Waals surface area contributed by atoms with E-state index in [1.54, 1.807) is 24.3 Å². The van der Waals surface area contributed by atoms with E-state index in [4.69, 9.17) is 0 Å². The minimum atomic E-state index is -1.27. The van der Waals surface area contributed by atoms with Gasteiger partial charge in [-0.25, -0.2) is 9.59 Å². The first-order valence-corrected chi connectivity index (χ1v) is 5.21. The van der Waals surface area contributed by atoms with E-state index in [1.165, 1.54) is 12.2 Å². The van der Waals surface area contributed by atoms with Gasteiger partial charge in [0.25, 0.3) is 0 Å². The van der Waals surface area contributed by atoms with Crippen LogP contribution in [-0.4, -0.2) is 12.2 Å².